The highest BCUT2D eigenvalue weighted by Gasteiger charge is 2.40. The molecule has 0 fully saturated rings. The number of carboxylic acid groups (broad SMARTS) is 1. The number of carbonyl (C=O) groups is 2. The zero-order chi connectivity index (χ0) is 21.6. The van der Waals surface area contributed by atoms with Crippen molar-refractivity contribution in [2.45, 2.75) is 24.7 Å². The van der Waals surface area contributed by atoms with E-state index in [2.05, 4.69) is 0 Å². The van der Waals surface area contributed by atoms with Gasteiger partial charge in [0.2, 0.25) is 5.76 Å². The number of aliphatic carboxylic acids is 1. The van der Waals surface area contributed by atoms with Gasteiger partial charge < -0.3 is 14.3 Å². The lowest BCUT2D eigenvalue weighted by atomic mass is 10.0. The van der Waals surface area contributed by atoms with Crippen molar-refractivity contribution in [3.05, 3.63) is 59.4 Å². The smallest absolute Gasteiger partial charge is 0.374 e. The van der Waals surface area contributed by atoms with Crippen molar-refractivity contribution in [2.75, 3.05) is 17.5 Å². The van der Waals surface area contributed by atoms with E-state index in [-0.39, 0.29) is 23.8 Å². The fourth-order valence-corrected chi connectivity index (χ4v) is 5.22. The Bertz CT molecular complexity index is 1280. The first-order valence-electron chi connectivity index (χ1n) is 9.30. The summed E-state index contributed by atoms with van der Waals surface area (Å²) < 4.78 is 38.4. The summed E-state index contributed by atoms with van der Waals surface area (Å²) in [6.45, 7) is 3.33. The molecule has 1 aliphatic heterocycles. The second kappa shape index (κ2) is 7.17. The van der Waals surface area contributed by atoms with Gasteiger partial charge in [-0.3, -0.25) is 9.10 Å². The van der Waals surface area contributed by atoms with Crippen LogP contribution in [-0.4, -0.2) is 38.6 Å². The van der Waals surface area contributed by atoms with E-state index in [0.29, 0.717) is 27.8 Å². The molecule has 0 saturated carbocycles. The van der Waals surface area contributed by atoms with Gasteiger partial charge in [0.1, 0.15) is 11.5 Å². The van der Waals surface area contributed by atoms with Gasteiger partial charge in [0, 0.05) is 10.9 Å². The van der Waals surface area contributed by atoms with E-state index in [1.807, 2.05) is 0 Å². The zero-order valence-corrected chi connectivity index (χ0v) is 17.1. The molecular weight excluding hydrogens is 410 g/mol. The molecule has 1 aromatic heterocycles. The van der Waals surface area contributed by atoms with Crippen LogP contribution < -0.4 is 4.31 Å². The average molecular weight is 429 g/mol. The van der Waals surface area contributed by atoms with E-state index < -0.39 is 27.9 Å². The minimum Gasteiger partial charge on any atom is -0.481 e. The van der Waals surface area contributed by atoms with E-state index in [1.165, 1.54) is 18.2 Å². The first kappa shape index (κ1) is 20.0. The van der Waals surface area contributed by atoms with Gasteiger partial charge in [-0.2, -0.15) is 0 Å². The number of ether oxygens (including phenoxy) is 1. The highest BCUT2D eigenvalue weighted by Crippen LogP contribution is 2.40. The van der Waals surface area contributed by atoms with Crippen molar-refractivity contribution in [3.63, 3.8) is 0 Å². The monoisotopic (exact) mass is 429 g/mol. The van der Waals surface area contributed by atoms with E-state index in [4.69, 9.17) is 9.15 Å². The maximum atomic E-state index is 13.4. The molecule has 1 aliphatic rings. The number of nitrogens with zero attached hydrogens (tertiary/aromatic N) is 1. The predicted molar refractivity (Wildman–Crippen MR) is 108 cm³/mol. The SMILES string of the molecule is CCOC(=O)c1oc2ccc(S(=O)(=O)N3CC(C(=O)O)c4ccccc43)cc2c1C. The third-order valence-corrected chi connectivity index (χ3v) is 6.96. The number of carbonyl (C=O) groups excluding carboxylic acids is 1. The predicted octanol–water partition coefficient (Wildman–Crippen LogP) is 3.30. The van der Waals surface area contributed by atoms with E-state index >= 15 is 0 Å². The molecule has 2 aromatic carbocycles. The molecule has 0 saturated heterocycles. The van der Waals surface area contributed by atoms with Gasteiger partial charge in [0.05, 0.1) is 23.7 Å². The first-order chi connectivity index (χ1) is 14.3. The molecule has 8 nitrogen and oxygen atoms in total. The van der Waals surface area contributed by atoms with E-state index in [9.17, 15) is 23.1 Å². The number of para-hydroxylation sites is 1. The number of hydrogen-bond acceptors (Lipinski definition) is 6. The Morgan fingerprint density at radius 1 is 1.23 bits per heavy atom. The fraction of sp³-hybridized carbons (Fsp3) is 0.238. The van der Waals surface area contributed by atoms with E-state index in [0.717, 1.165) is 4.31 Å². The molecule has 30 heavy (non-hydrogen) atoms. The van der Waals surface area contributed by atoms with Crippen molar-refractivity contribution in [3.8, 4) is 0 Å². The van der Waals surface area contributed by atoms with Gasteiger partial charge >= 0.3 is 11.9 Å². The Kier molecular flexibility index (Phi) is 4.77. The molecule has 0 amide bonds. The second-order valence-electron chi connectivity index (χ2n) is 6.92. The Hall–Kier alpha value is -3.33. The van der Waals surface area contributed by atoms with E-state index in [1.54, 1.807) is 38.1 Å². The number of anilines is 1. The summed E-state index contributed by atoms with van der Waals surface area (Å²) in [6.07, 6.45) is 0. The summed E-state index contributed by atoms with van der Waals surface area (Å²) >= 11 is 0. The molecule has 1 N–H and O–H groups in total. The summed E-state index contributed by atoms with van der Waals surface area (Å²) in [6, 6.07) is 10.9. The molecular formula is C21H19NO7S. The lowest BCUT2D eigenvalue weighted by Crippen LogP contribution is -2.31. The van der Waals surface area contributed by atoms with Crippen LogP contribution in [0.2, 0.25) is 0 Å². The van der Waals surface area contributed by atoms with Crippen LogP contribution in [0, 0.1) is 6.92 Å². The van der Waals surface area contributed by atoms with Crippen molar-refractivity contribution >= 4 is 38.6 Å². The second-order valence-corrected chi connectivity index (χ2v) is 8.78. The van der Waals surface area contributed by atoms with Gasteiger partial charge in [-0.15, -0.1) is 0 Å². The fourth-order valence-electron chi connectivity index (χ4n) is 3.69. The van der Waals surface area contributed by atoms with Crippen LogP contribution in [0.15, 0.2) is 51.8 Å². The number of esters is 1. The number of hydrogen-bond donors (Lipinski definition) is 1. The number of fused-ring (bicyclic) bond motifs is 2. The van der Waals surface area contributed by atoms with Crippen molar-refractivity contribution in [1.29, 1.82) is 0 Å². The molecule has 0 bridgehead atoms. The maximum Gasteiger partial charge on any atom is 0.374 e. The Balaban J connectivity index is 1.79. The lowest BCUT2D eigenvalue weighted by Gasteiger charge is -2.19. The Morgan fingerprint density at radius 3 is 2.67 bits per heavy atom. The molecule has 2 heterocycles. The minimum atomic E-state index is -4.04. The third-order valence-electron chi connectivity index (χ3n) is 5.18. The molecule has 1 atom stereocenters. The number of aryl methyl sites for hydroxylation is 1. The van der Waals surface area contributed by atoms with Gasteiger partial charge in [-0.1, -0.05) is 18.2 Å². The molecule has 156 valence electrons. The molecule has 9 heteroatoms. The topological polar surface area (TPSA) is 114 Å². The number of carboxylic acids is 1. The van der Waals surface area contributed by atoms with Gasteiger partial charge in [-0.05, 0) is 43.7 Å². The van der Waals surface area contributed by atoms with Crippen LogP contribution >= 0.6 is 0 Å². The van der Waals surface area contributed by atoms with Crippen molar-refractivity contribution in [2.24, 2.45) is 0 Å². The van der Waals surface area contributed by atoms with Crippen LogP contribution in [0.1, 0.15) is 34.5 Å². The summed E-state index contributed by atoms with van der Waals surface area (Å²) in [5.74, 6) is -2.61. The quantitative estimate of drug-likeness (QED) is 0.619. The number of sulfonamides is 1. The lowest BCUT2D eigenvalue weighted by molar-refractivity contribution is -0.138. The first-order valence-corrected chi connectivity index (χ1v) is 10.7. The van der Waals surface area contributed by atoms with Crippen molar-refractivity contribution < 1.29 is 32.3 Å². The highest BCUT2D eigenvalue weighted by atomic mass is 32.2. The number of furan rings is 1. The molecule has 0 radical (unpaired) electrons. The van der Waals surface area contributed by atoms with Crippen LogP contribution in [-0.2, 0) is 19.6 Å². The molecule has 1 unspecified atom stereocenters. The van der Waals surface area contributed by atoms with Gasteiger partial charge in [-0.25, -0.2) is 13.2 Å². The van der Waals surface area contributed by atoms with Crippen LogP contribution in [0.25, 0.3) is 11.0 Å². The number of rotatable bonds is 5. The number of benzene rings is 2. The summed E-state index contributed by atoms with van der Waals surface area (Å²) in [5.41, 5.74) is 1.64. The average Bonchev–Trinajstić information content (AvgIpc) is 3.27. The van der Waals surface area contributed by atoms with Crippen molar-refractivity contribution in [1.82, 2.24) is 0 Å². The third kappa shape index (κ3) is 3.02. The minimum absolute atomic E-state index is 0.0184. The standard InChI is InChI=1S/C21H19NO7S/c1-3-28-21(25)19-12(2)15-10-13(8-9-18(15)29-19)30(26,27)22-11-16(20(23)24)14-6-4-5-7-17(14)22/h4-10,16H,3,11H2,1-2H3,(H,23,24). The normalized spacial score (nSPS) is 15.9. The van der Waals surface area contributed by atoms with Gasteiger partial charge in [0.25, 0.3) is 10.0 Å². The Morgan fingerprint density at radius 2 is 1.97 bits per heavy atom. The van der Waals surface area contributed by atoms with Gasteiger partial charge in [0.15, 0.2) is 0 Å². The van der Waals surface area contributed by atoms with Crippen LogP contribution in [0.4, 0.5) is 5.69 Å². The summed E-state index contributed by atoms with van der Waals surface area (Å²) in [7, 11) is -4.04. The summed E-state index contributed by atoms with van der Waals surface area (Å²) in [4.78, 5) is 23.7. The molecule has 0 spiro atoms. The maximum absolute atomic E-state index is 13.4. The van der Waals surface area contributed by atoms with Crippen LogP contribution in [0.5, 0.6) is 0 Å². The Labute approximate surface area is 172 Å². The highest BCUT2D eigenvalue weighted by molar-refractivity contribution is 7.92. The molecule has 4 rings (SSSR count). The molecule has 3 aromatic rings. The summed E-state index contributed by atoms with van der Waals surface area (Å²) in [5, 5.41) is 9.99. The zero-order valence-electron chi connectivity index (χ0n) is 16.3. The van der Waals surface area contributed by atoms with Crippen LogP contribution in [0.3, 0.4) is 0 Å². The molecule has 0 aliphatic carbocycles. The largest absolute Gasteiger partial charge is 0.481 e.